The van der Waals surface area contributed by atoms with Gasteiger partial charge in [0, 0.05) is 25.3 Å². The highest BCUT2D eigenvalue weighted by Crippen LogP contribution is 2.39. The molecule has 0 aromatic carbocycles. The quantitative estimate of drug-likeness (QED) is 0.853. The Kier molecular flexibility index (Phi) is 3.92. The molecule has 3 rings (SSSR count). The zero-order chi connectivity index (χ0) is 14.8. The van der Waals surface area contributed by atoms with E-state index in [1.165, 1.54) is 0 Å². The molecule has 2 N–H and O–H groups in total. The van der Waals surface area contributed by atoms with Gasteiger partial charge in [-0.15, -0.1) is 0 Å². The van der Waals surface area contributed by atoms with Gasteiger partial charge in [0.05, 0.1) is 5.52 Å². The average Bonchev–Trinajstić information content (AvgIpc) is 3.26. The molecule has 2 aromatic rings. The number of amides is 1. The fourth-order valence-electron chi connectivity index (χ4n) is 2.53. The van der Waals surface area contributed by atoms with Crippen molar-refractivity contribution in [3.8, 4) is 0 Å². The lowest BCUT2D eigenvalue weighted by Gasteiger charge is -2.10. The van der Waals surface area contributed by atoms with Crippen molar-refractivity contribution in [2.24, 2.45) is 5.92 Å². The van der Waals surface area contributed by atoms with Crippen molar-refractivity contribution < 1.29 is 9.90 Å². The predicted octanol–water partition coefficient (Wildman–Crippen LogP) is 1.96. The Morgan fingerprint density at radius 2 is 2.33 bits per heavy atom. The molecule has 0 aliphatic heterocycles. The number of nitrogens with one attached hydrogen (secondary N) is 1. The van der Waals surface area contributed by atoms with E-state index in [-0.39, 0.29) is 18.4 Å². The summed E-state index contributed by atoms with van der Waals surface area (Å²) >= 11 is 0. The van der Waals surface area contributed by atoms with Gasteiger partial charge in [-0.3, -0.25) is 4.79 Å². The Morgan fingerprint density at radius 1 is 1.52 bits per heavy atom. The van der Waals surface area contributed by atoms with Gasteiger partial charge in [-0.25, -0.2) is 4.98 Å². The van der Waals surface area contributed by atoms with Crippen LogP contribution in [0.2, 0.25) is 0 Å². The highest BCUT2D eigenvalue weighted by Gasteiger charge is 2.30. The summed E-state index contributed by atoms with van der Waals surface area (Å²) in [4.78, 5) is 17.0. The first-order valence-corrected chi connectivity index (χ1v) is 7.56. The molecule has 2 aromatic heterocycles. The minimum atomic E-state index is -0.129. The summed E-state index contributed by atoms with van der Waals surface area (Å²) in [5.74, 6) is 1.63. The SMILES string of the molecule is CC(CCO)CNC(=O)c1nc(C2CC2)n2ccccc12. The molecule has 0 radical (unpaired) electrons. The largest absolute Gasteiger partial charge is 0.396 e. The van der Waals surface area contributed by atoms with Crippen molar-refractivity contribution in [3.05, 3.63) is 35.9 Å². The van der Waals surface area contributed by atoms with Crippen LogP contribution in [0.15, 0.2) is 24.4 Å². The molecule has 5 heteroatoms. The van der Waals surface area contributed by atoms with Crippen LogP contribution >= 0.6 is 0 Å². The molecular formula is C16H21N3O2. The second kappa shape index (κ2) is 5.85. The van der Waals surface area contributed by atoms with Crippen LogP contribution in [0.25, 0.3) is 5.52 Å². The number of imidazole rings is 1. The number of aromatic nitrogens is 2. The molecular weight excluding hydrogens is 266 g/mol. The van der Waals surface area contributed by atoms with Crippen molar-refractivity contribution in [2.75, 3.05) is 13.2 Å². The normalized spacial score (nSPS) is 16.1. The van der Waals surface area contributed by atoms with Crippen molar-refractivity contribution in [2.45, 2.75) is 32.1 Å². The minimum Gasteiger partial charge on any atom is -0.396 e. The van der Waals surface area contributed by atoms with Gasteiger partial charge in [0.1, 0.15) is 5.82 Å². The molecule has 1 fully saturated rings. The van der Waals surface area contributed by atoms with Gasteiger partial charge in [0.2, 0.25) is 0 Å². The number of fused-ring (bicyclic) bond motifs is 1. The van der Waals surface area contributed by atoms with E-state index in [9.17, 15) is 4.79 Å². The maximum atomic E-state index is 12.4. The van der Waals surface area contributed by atoms with E-state index in [2.05, 4.69) is 10.3 Å². The molecule has 1 aliphatic rings. The van der Waals surface area contributed by atoms with Crippen molar-refractivity contribution in [3.63, 3.8) is 0 Å². The fourth-order valence-corrected chi connectivity index (χ4v) is 2.53. The summed E-state index contributed by atoms with van der Waals surface area (Å²) < 4.78 is 2.03. The third kappa shape index (κ3) is 2.93. The van der Waals surface area contributed by atoms with Gasteiger partial charge in [-0.1, -0.05) is 13.0 Å². The number of rotatable bonds is 6. The number of nitrogens with zero attached hydrogens (tertiary/aromatic N) is 2. The lowest BCUT2D eigenvalue weighted by atomic mass is 10.1. The van der Waals surface area contributed by atoms with E-state index in [0.717, 1.165) is 24.2 Å². The van der Waals surface area contributed by atoms with Crippen LogP contribution in [-0.2, 0) is 0 Å². The number of carbonyl (C=O) groups excluding carboxylic acids is 1. The standard InChI is InChI=1S/C16H21N3O2/c1-11(7-9-20)10-17-16(21)14-13-4-2-3-8-19(13)15(18-14)12-5-6-12/h2-4,8,11-12,20H,5-7,9-10H2,1H3,(H,17,21). The number of aliphatic hydroxyl groups is 1. The summed E-state index contributed by atoms with van der Waals surface area (Å²) in [6, 6.07) is 5.83. The summed E-state index contributed by atoms with van der Waals surface area (Å²) in [5.41, 5.74) is 1.38. The molecule has 0 bridgehead atoms. The highest BCUT2D eigenvalue weighted by atomic mass is 16.3. The van der Waals surface area contributed by atoms with E-state index < -0.39 is 0 Å². The van der Waals surface area contributed by atoms with E-state index in [1.807, 2.05) is 35.7 Å². The first kappa shape index (κ1) is 14.1. The van der Waals surface area contributed by atoms with Crippen molar-refractivity contribution in [1.82, 2.24) is 14.7 Å². The van der Waals surface area contributed by atoms with Crippen LogP contribution in [0.3, 0.4) is 0 Å². The Bertz CT molecular complexity index is 646. The Labute approximate surface area is 124 Å². The van der Waals surface area contributed by atoms with Crippen molar-refractivity contribution >= 4 is 11.4 Å². The molecule has 2 heterocycles. The van der Waals surface area contributed by atoms with Crippen LogP contribution in [0.5, 0.6) is 0 Å². The molecule has 5 nitrogen and oxygen atoms in total. The first-order valence-electron chi connectivity index (χ1n) is 7.56. The highest BCUT2D eigenvalue weighted by molar-refractivity contribution is 5.99. The van der Waals surface area contributed by atoms with Crippen molar-refractivity contribution in [1.29, 1.82) is 0 Å². The predicted molar refractivity (Wildman–Crippen MR) is 80.4 cm³/mol. The van der Waals surface area contributed by atoms with Crippen LogP contribution < -0.4 is 5.32 Å². The molecule has 0 saturated heterocycles. The lowest BCUT2D eigenvalue weighted by Crippen LogP contribution is -2.29. The van der Waals surface area contributed by atoms with E-state index in [0.29, 0.717) is 24.6 Å². The molecule has 0 spiro atoms. The maximum absolute atomic E-state index is 12.4. The molecule has 1 aliphatic carbocycles. The summed E-state index contributed by atoms with van der Waals surface area (Å²) in [6.07, 6.45) is 4.98. The summed E-state index contributed by atoms with van der Waals surface area (Å²) in [6.45, 7) is 2.72. The fraction of sp³-hybridized carbons (Fsp3) is 0.500. The molecule has 1 amide bonds. The topological polar surface area (TPSA) is 66.6 Å². The van der Waals surface area contributed by atoms with E-state index in [4.69, 9.17) is 5.11 Å². The number of pyridine rings is 1. The molecule has 1 unspecified atom stereocenters. The zero-order valence-electron chi connectivity index (χ0n) is 12.2. The second-order valence-electron chi connectivity index (χ2n) is 5.88. The van der Waals surface area contributed by atoms with Crippen LogP contribution in [-0.4, -0.2) is 33.6 Å². The molecule has 1 atom stereocenters. The molecule has 112 valence electrons. The number of carbonyl (C=O) groups is 1. The number of aliphatic hydroxyl groups excluding tert-OH is 1. The number of hydrogen-bond acceptors (Lipinski definition) is 3. The third-order valence-electron chi connectivity index (χ3n) is 3.97. The number of hydrogen-bond donors (Lipinski definition) is 2. The maximum Gasteiger partial charge on any atom is 0.272 e. The van der Waals surface area contributed by atoms with E-state index >= 15 is 0 Å². The molecule has 21 heavy (non-hydrogen) atoms. The van der Waals surface area contributed by atoms with E-state index in [1.54, 1.807) is 0 Å². The van der Waals surface area contributed by atoms with Crippen LogP contribution in [0.1, 0.15) is 48.4 Å². The lowest BCUT2D eigenvalue weighted by molar-refractivity contribution is 0.0942. The van der Waals surface area contributed by atoms with Gasteiger partial charge in [-0.2, -0.15) is 0 Å². The summed E-state index contributed by atoms with van der Waals surface area (Å²) in [5, 5.41) is 11.8. The summed E-state index contributed by atoms with van der Waals surface area (Å²) in [7, 11) is 0. The van der Waals surface area contributed by atoms with Gasteiger partial charge in [0.25, 0.3) is 5.91 Å². The molecule has 1 saturated carbocycles. The first-order chi connectivity index (χ1) is 10.2. The monoisotopic (exact) mass is 287 g/mol. The van der Waals surface area contributed by atoms with Crippen LogP contribution in [0.4, 0.5) is 0 Å². The Hall–Kier alpha value is -1.88. The third-order valence-corrected chi connectivity index (χ3v) is 3.97. The smallest absolute Gasteiger partial charge is 0.272 e. The van der Waals surface area contributed by atoms with Gasteiger partial charge in [-0.05, 0) is 37.3 Å². The van der Waals surface area contributed by atoms with Gasteiger partial charge < -0.3 is 14.8 Å². The van der Waals surface area contributed by atoms with Crippen LogP contribution in [0, 0.1) is 5.92 Å². The minimum absolute atomic E-state index is 0.129. The zero-order valence-corrected chi connectivity index (χ0v) is 12.2. The Morgan fingerprint density at radius 3 is 3.05 bits per heavy atom. The average molecular weight is 287 g/mol. The Balaban J connectivity index is 1.81. The second-order valence-corrected chi connectivity index (χ2v) is 5.88. The van der Waals surface area contributed by atoms with Gasteiger partial charge >= 0.3 is 0 Å². The van der Waals surface area contributed by atoms with Gasteiger partial charge in [0.15, 0.2) is 5.69 Å².